The van der Waals surface area contributed by atoms with E-state index in [0.717, 1.165) is 41.1 Å². The van der Waals surface area contributed by atoms with Gasteiger partial charge < -0.3 is 10.1 Å². The molecule has 1 saturated heterocycles. The van der Waals surface area contributed by atoms with Crippen LogP contribution in [-0.4, -0.2) is 49.9 Å². The number of benzene rings is 3. The first-order valence-electron chi connectivity index (χ1n) is 13.5. The van der Waals surface area contributed by atoms with Crippen LogP contribution in [0.25, 0.3) is 17.1 Å². The Kier molecular flexibility index (Phi) is 8.84. The molecule has 5 rings (SSSR count). The highest BCUT2D eigenvalue weighted by atomic mass is 32.2. The maximum absolute atomic E-state index is 15.0. The first-order valence-corrected chi connectivity index (χ1v) is 14.5. The number of nitrogens with one attached hydrogen (secondary N) is 1. The summed E-state index contributed by atoms with van der Waals surface area (Å²) < 4.78 is 83.5. The fraction of sp³-hybridized carbons (Fsp3) is 0.233. The second-order valence-corrected chi connectivity index (χ2v) is 11.3. The summed E-state index contributed by atoms with van der Waals surface area (Å²) in [6.45, 7) is 5.87. The Hall–Kier alpha value is -4.86. The van der Waals surface area contributed by atoms with Crippen LogP contribution < -0.4 is 15.0 Å². The minimum Gasteiger partial charge on any atom is -0.426 e. The molecule has 240 valence electrons. The molecule has 1 aliphatic rings. The molecule has 1 N–H and O–H groups in total. The molecule has 0 radical (unpaired) electrons. The zero-order valence-electron chi connectivity index (χ0n) is 24.3. The molecule has 0 unspecified atom stereocenters. The van der Waals surface area contributed by atoms with Crippen LogP contribution in [0.2, 0.25) is 0 Å². The SMILES string of the molecule is Cc1ccc(C(C)C)c(N2C(=O)CSC2=NC(=O)Nc2ccc(-c3ncn(-c4ccc(OC(F)(F)C(F)(F)F)cc4)n3)cc2F)c1. The third-order valence-corrected chi connectivity index (χ3v) is 7.57. The molecule has 16 heteroatoms. The van der Waals surface area contributed by atoms with E-state index in [9.17, 15) is 31.5 Å². The third kappa shape index (κ3) is 6.85. The molecule has 0 aliphatic carbocycles. The minimum absolute atomic E-state index is 0.0524. The molecular formula is C30H24F6N6O3S. The average molecular weight is 663 g/mol. The number of nitrogens with zero attached hydrogens (tertiary/aromatic N) is 5. The number of ether oxygens (including phenoxy) is 1. The fourth-order valence-electron chi connectivity index (χ4n) is 4.40. The number of carbonyl (C=O) groups excluding carboxylic acids is 2. The largest absolute Gasteiger partial charge is 0.499 e. The van der Waals surface area contributed by atoms with Crippen molar-refractivity contribution >= 4 is 40.2 Å². The molecule has 0 saturated carbocycles. The number of amides is 3. The summed E-state index contributed by atoms with van der Waals surface area (Å²) in [5.41, 5.74) is 2.73. The summed E-state index contributed by atoms with van der Waals surface area (Å²) in [6, 6.07) is 12.8. The molecular weight excluding hydrogens is 638 g/mol. The molecule has 46 heavy (non-hydrogen) atoms. The van der Waals surface area contributed by atoms with Crippen molar-refractivity contribution in [2.45, 2.75) is 39.0 Å². The van der Waals surface area contributed by atoms with Crippen molar-refractivity contribution in [1.82, 2.24) is 14.8 Å². The van der Waals surface area contributed by atoms with E-state index in [0.29, 0.717) is 5.69 Å². The number of aliphatic imine (C=N–C) groups is 1. The summed E-state index contributed by atoms with van der Waals surface area (Å²) in [5.74, 6) is -1.55. The van der Waals surface area contributed by atoms with E-state index >= 15 is 4.39 Å². The van der Waals surface area contributed by atoms with E-state index in [2.05, 4.69) is 25.1 Å². The van der Waals surface area contributed by atoms with Crippen LogP contribution >= 0.6 is 11.8 Å². The number of hydrogen-bond donors (Lipinski definition) is 1. The Balaban J connectivity index is 1.29. The molecule has 0 atom stereocenters. The van der Waals surface area contributed by atoms with Gasteiger partial charge in [0.25, 0.3) is 0 Å². The molecule has 9 nitrogen and oxygen atoms in total. The van der Waals surface area contributed by atoms with Gasteiger partial charge in [-0.25, -0.2) is 18.9 Å². The topological polar surface area (TPSA) is 102 Å². The highest BCUT2D eigenvalue weighted by molar-refractivity contribution is 8.15. The Labute approximate surface area is 262 Å². The lowest BCUT2D eigenvalue weighted by molar-refractivity contribution is -0.360. The number of halogens is 6. The van der Waals surface area contributed by atoms with Gasteiger partial charge in [0.05, 0.1) is 22.8 Å². The van der Waals surface area contributed by atoms with Gasteiger partial charge in [-0.3, -0.25) is 9.69 Å². The van der Waals surface area contributed by atoms with E-state index in [1.165, 1.54) is 40.2 Å². The lowest BCUT2D eigenvalue weighted by Gasteiger charge is -2.22. The Morgan fingerprint density at radius 2 is 1.76 bits per heavy atom. The predicted octanol–water partition coefficient (Wildman–Crippen LogP) is 7.71. The van der Waals surface area contributed by atoms with Crippen LogP contribution in [0.1, 0.15) is 30.9 Å². The van der Waals surface area contributed by atoms with Gasteiger partial charge in [-0.05, 0) is 72.5 Å². The summed E-state index contributed by atoms with van der Waals surface area (Å²) >= 11 is 1.09. The minimum atomic E-state index is -5.89. The molecule has 3 aromatic carbocycles. The van der Waals surface area contributed by atoms with Gasteiger partial charge >= 0.3 is 18.3 Å². The van der Waals surface area contributed by atoms with E-state index in [1.807, 2.05) is 39.0 Å². The Morgan fingerprint density at radius 3 is 2.41 bits per heavy atom. The third-order valence-electron chi connectivity index (χ3n) is 6.65. The molecule has 2 heterocycles. The van der Waals surface area contributed by atoms with Gasteiger partial charge in [0.2, 0.25) is 5.91 Å². The van der Waals surface area contributed by atoms with Crippen LogP contribution in [-0.2, 0) is 4.79 Å². The predicted molar refractivity (Wildman–Crippen MR) is 160 cm³/mol. The van der Waals surface area contributed by atoms with Gasteiger partial charge in [-0.2, -0.15) is 26.9 Å². The fourth-order valence-corrected chi connectivity index (χ4v) is 5.25. The molecule has 3 amide bonds. The van der Waals surface area contributed by atoms with Crippen molar-refractivity contribution in [3.8, 4) is 22.8 Å². The highest BCUT2D eigenvalue weighted by Crippen LogP contribution is 2.38. The normalized spacial score (nSPS) is 14.8. The number of amidine groups is 1. The lowest BCUT2D eigenvalue weighted by atomic mass is 9.99. The van der Waals surface area contributed by atoms with Gasteiger partial charge in [0, 0.05) is 5.56 Å². The molecule has 1 aliphatic heterocycles. The molecule has 1 aromatic heterocycles. The van der Waals surface area contributed by atoms with Gasteiger partial charge in [-0.15, -0.1) is 5.10 Å². The van der Waals surface area contributed by atoms with Gasteiger partial charge in [-0.1, -0.05) is 37.7 Å². The summed E-state index contributed by atoms with van der Waals surface area (Å²) in [5, 5.41) is 6.73. The summed E-state index contributed by atoms with van der Waals surface area (Å²) in [4.78, 5) is 35.1. The molecule has 1 fully saturated rings. The number of carbonyl (C=O) groups is 2. The van der Waals surface area contributed by atoms with Gasteiger partial charge in [0.1, 0.15) is 17.9 Å². The zero-order valence-corrected chi connectivity index (χ0v) is 25.1. The van der Waals surface area contributed by atoms with E-state index in [4.69, 9.17) is 0 Å². The number of aromatic nitrogens is 3. The van der Waals surface area contributed by atoms with E-state index in [1.54, 1.807) is 0 Å². The first-order chi connectivity index (χ1) is 21.6. The van der Waals surface area contributed by atoms with Crippen molar-refractivity contribution < 1.29 is 40.7 Å². The van der Waals surface area contributed by atoms with Crippen LogP contribution in [0.15, 0.2) is 72.0 Å². The second kappa shape index (κ2) is 12.5. The highest BCUT2D eigenvalue weighted by Gasteiger charge is 2.61. The van der Waals surface area contributed by atoms with Crippen LogP contribution in [0.4, 0.5) is 42.5 Å². The number of anilines is 2. The first kappa shape index (κ1) is 32.5. The smallest absolute Gasteiger partial charge is 0.426 e. The summed E-state index contributed by atoms with van der Waals surface area (Å²) in [7, 11) is 0. The van der Waals surface area contributed by atoms with Crippen molar-refractivity contribution in [1.29, 1.82) is 0 Å². The van der Waals surface area contributed by atoms with Crippen molar-refractivity contribution in [2.24, 2.45) is 4.99 Å². The number of thioether (sulfide) groups is 1. The molecule has 0 spiro atoms. The lowest BCUT2D eigenvalue weighted by Crippen LogP contribution is -2.41. The van der Waals surface area contributed by atoms with Crippen molar-refractivity contribution in [3.63, 3.8) is 0 Å². The number of alkyl halides is 5. The van der Waals surface area contributed by atoms with E-state index < -0.39 is 29.9 Å². The molecule has 0 bridgehead atoms. The van der Waals surface area contributed by atoms with Gasteiger partial charge in [0.15, 0.2) is 11.0 Å². The monoisotopic (exact) mass is 662 g/mol. The van der Waals surface area contributed by atoms with Crippen LogP contribution in [0.5, 0.6) is 5.75 Å². The Morgan fingerprint density at radius 1 is 1.04 bits per heavy atom. The number of aryl methyl sites for hydroxylation is 1. The number of rotatable bonds is 7. The standard InChI is InChI=1S/C30H24F6N6O3S/c1-16(2)21-10-4-17(3)12-24(21)42-25(43)14-46-28(42)39-27(44)38-23-11-5-18(13-22(23)31)26-37-15-41(40-26)19-6-8-20(9-7-19)45-30(35,36)29(32,33)34/h4-13,15-16H,14H2,1-3H3,(H,38,44). The summed E-state index contributed by atoms with van der Waals surface area (Å²) in [6.07, 6.45) is -10.0. The zero-order chi connectivity index (χ0) is 33.4. The van der Waals surface area contributed by atoms with Crippen LogP contribution in [0.3, 0.4) is 0 Å². The van der Waals surface area contributed by atoms with Crippen LogP contribution in [0, 0.1) is 12.7 Å². The number of urea groups is 1. The van der Waals surface area contributed by atoms with Crippen molar-refractivity contribution in [3.05, 3.63) is 83.9 Å². The van der Waals surface area contributed by atoms with Crippen molar-refractivity contribution in [2.75, 3.05) is 16.0 Å². The quantitative estimate of drug-likeness (QED) is 0.204. The average Bonchev–Trinajstić information content (AvgIpc) is 3.60. The second-order valence-electron chi connectivity index (χ2n) is 10.4. The number of hydrogen-bond acceptors (Lipinski definition) is 6. The maximum Gasteiger partial charge on any atom is 0.499 e. The van der Waals surface area contributed by atoms with E-state index in [-0.39, 0.29) is 45.5 Å². The molecule has 4 aromatic rings. The Bertz CT molecular complexity index is 1820. The maximum atomic E-state index is 15.0.